The van der Waals surface area contributed by atoms with E-state index < -0.39 is 18.0 Å². The number of carbonyl (C=O) groups is 2. The zero-order chi connectivity index (χ0) is 32.4. The molecule has 6 rings (SSSR count). The van der Waals surface area contributed by atoms with E-state index in [4.69, 9.17) is 19.2 Å². The summed E-state index contributed by atoms with van der Waals surface area (Å²) in [7, 11) is 1.57. The van der Waals surface area contributed by atoms with E-state index in [2.05, 4.69) is 0 Å². The van der Waals surface area contributed by atoms with Crippen LogP contribution < -0.4 is 24.4 Å². The number of carboxylic acid groups (broad SMARTS) is 1. The summed E-state index contributed by atoms with van der Waals surface area (Å²) in [5.41, 5.74) is 2.85. The number of fused-ring (bicyclic) bond motifs is 2. The van der Waals surface area contributed by atoms with E-state index in [1.807, 2.05) is 48.5 Å². The molecule has 0 amide bonds. The Morgan fingerprint density at radius 3 is 2.54 bits per heavy atom. The summed E-state index contributed by atoms with van der Waals surface area (Å²) in [6, 6.07) is 24.6. The molecular formula is C36H30N2O7S. The van der Waals surface area contributed by atoms with Gasteiger partial charge in [-0.25, -0.2) is 14.6 Å². The zero-order valence-electron chi connectivity index (χ0n) is 25.4. The van der Waals surface area contributed by atoms with Crippen molar-refractivity contribution < 1.29 is 28.9 Å². The number of hydrogen-bond donors (Lipinski definition) is 1. The van der Waals surface area contributed by atoms with Gasteiger partial charge in [0.15, 0.2) is 4.80 Å². The normalized spacial score (nSPS) is 14.5. The summed E-state index contributed by atoms with van der Waals surface area (Å²) >= 11 is 1.24. The maximum absolute atomic E-state index is 14.2. The number of thiazole rings is 1. The van der Waals surface area contributed by atoms with E-state index >= 15 is 0 Å². The van der Waals surface area contributed by atoms with Crippen molar-refractivity contribution in [3.8, 4) is 11.5 Å². The Hall–Kier alpha value is -5.48. The monoisotopic (exact) mass is 634 g/mol. The van der Waals surface area contributed by atoms with E-state index in [0.29, 0.717) is 32.1 Å². The van der Waals surface area contributed by atoms with Crippen LogP contribution in [0.5, 0.6) is 11.5 Å². The maximum atomic E-state index is 14.2. The first-order chi connectivity index (χ1) is 22.3. The molecule has 9 nitrogen and oxygen atoms in total. The minimum absolute atomic E-state index is 0.174. The van der Waals surface area contributed by atoms with Gasteiger partial charge in [-0.15, -0.1) is 0 Å². The van der Waals surface area contributed by atoms with Gasteiger partial charge in [0.05, 0.1) is 35.1 Å². The van der Waals surface area contributed by atoms with Crippen LogP contribution in [-0.2, 0) is 16.1 Å². The third-order valence-electron chi connectivity index (χ3n) is 7.70. The molecule has 0 bridgehead atoms. The van der Waals surface area contributed by atoms with Crippen molar-refractivity contribution in [2.45, 2.75) is 26.5 Å². The van der Waals surface area contributed by atoms with Gasteiger partial charge in [0, 0.05) is 5.56 Å². The molecule has 0 fully saturated rings. The van der Waals surface area contributed by atoms with Gasteiger partial charge >= 0.3 is 11.9 Å². The lowest BCUT2D eigenvalue weighted by atomic mass is 9.90. The summed E-state index contributed by atoms with van der Waals surface area (Å²) in [6.45, 7) is 3.88. The number of methoxy groups -OCH3 is 1. The van der Waals surface area contributed by atoms with E-state index in [1.165, 1.54) is 17.4 Å². The van der Waals surface area contributed by atoms with E-state index in [0.717, 1.165) is 21.9 Å². The molecule has 46 heavy (non-hydrogen) atoms. The van der Waals surface area contributed by atoms with Gasteiger partial charge in [-0.05, 0) is 72.2 Å². The van der Waals surface area contributed by atoms with Crippen LogP contribution in [0, 0.1) is 0 Å². The van der Waals surface area contributed by atoms with Gasteiger partial charge < -0.3 is 19.3 Å². The minimum atomic E-state index is -0.994. The average molecular weight is 635 g/mol. The van der Waals surface area contributed by atoms with Gasteiger partial charge in [-0.1, -0.05) is 65.9 Å². The smallest absolute Gasteiger partial charge is 0.338 e. The van der Waals surface area contributed by atoms with Crippen LogP contribution in [0.2, 0.25) is 0 Å². The second-order valence-electron chi connectivity index (χ2n) is 10.6. The Bertz CT molecular complexity index is 2200. The molecule has 2 heterocycles. The summed E-state index contributed by atoms with van der Waals surface area (Å²) in [4.78, 5) is 44.0. The van der Waals surface area contributed by atoms with Crippen molar-refractivity contribution in [3.63, 3.8) is 0 Å². The predicted molar refractivity (Wildman–Crippen MR) is 175 cm³/mol. The number of carboxylic acids is 1. The molecule has 1 N–H and O–H groups in total. The van der Waals surface area contributed by atoms with E-state index in [-0.39, 0.29) is 29.9 Å². The van der Waals surface area contributed by atoms with Crippen LogP contribution in [0.3, 0.4) is 0 Å². The highest BCUT2D eigenvalue weighted by atomic mass is 32.1. The minimum Gasteiger partial charge on any atom is -0.496 e. The molecule has 1 aliphatic rings. The molecule has 5 aromatic rings. The van der Waals surface area contributed by atoms with Crippen LogP contribution in [0.15, 0.2) is 106 Å². The molecule has 1 aliphatic heterocycles. The van der Waals surface area contributed by atoms with Gasteiger partial charge in [0.1, 0.15) is 24.1 Å². The fourth-order valence-corrected chi connectivity index (χ4v) is 6.62. The van der Waals surface area contributed by atoms with Crippen molar-refractivity contribution in [1.29, 1.82) is 0 Å². The Morgan fingerprint density at radius 2 is 1.80 bits per heavy atom. The number of esters is 1. The van der Waals surface area contributed by atoms with Crippen LogP contribution in [-0.4, -0.2) is 35.3 Å². The number of ether oxygens (including phenoxy) is 3. The summed E-state index contributed by atoms with van der Waals surface area (Å²) < 4.78 is 19.1. The molecule has 0 saturated carbocycles. The van der Waals surface area contributed by atoms with E-state index in [9.17, 15) is 19.5 Å². The molecule has 0 saturated heterocycles. The van der Waals surface area contributed by atoms with E-state index in [1.54, 1.807) is 61.9 Å². The second kappa shape index (κ2) is 12.9. The molecular weight excluding hydrogens is 604 g/mol. The van der Waals surface area contributed by atoms with Crippen LogP contribution >= 0.6 is 11.3 Å². The quantitative estimate of drug-likeness (QED) is 0.221. The van der Waals surface area contributed by atoms with Crippen molar-refractivity contribution in [2.24, 2.45) is 4.99 Å². The van der Waals surface area contributed by atoms with Gasteiger partial charge in [0.2, 0.25) is 0 Å². The lowest BCUT2D eigenvalue weighted by Gasteiger charge is -2.27. The Kier molecular flexibility index (Phi) is 8.54. The molecule has 0 radical (unpaired) electrons. The fraction of sp³-hybridized carbons (Fsp3) is 0.167. The van der Waals surface area contributed by atoms with Crippen LogP contribution in [0.25, 0.3) is 16.8 Å². The van der Waals surface area contributed by atoms with Crippen LogP contribution in [0.4, 0.5) is 0 Å². The maximum Gasteiger partial charge on any atom is 0.338 e. The molecule has 0 spiro atoms. The highest BCUT2D eigenvalue weighted by Gasteiger charge is 2.36. The van der Waals surface area contributed by atoms with Gasteiger partial charge in [-0.2, -0.15) is 0 Å². The second-order valence-corrected chi connectivity index (χ2v) is 11.6. The largest absolute Gasteiger partial charge is 0.496 e. The highest BCUT2D eigenvalue weighted by Crippen LogP contribution is 2.40. The number of carbonyl (C=O) groups excluding carboxylic acids is 1. The van der Waals surface area contributed by atoms with Crippen molar-refractivity contribution in [3.05, 3.63) is 138 Å². The number of benzene rings is 4. The lowest BCUT2D eigenvalue weighted by Crippen LogP contribution is -2.40. The first kappa shape index (κ1) is 30.5. The predicted octanol–water partition coefficient (Wildman–Crippen LogP) is 5.24. The molecule has 232 valence electrons. The summed E-state index contributed by atoms with van der Waals surface area (Å²) in [6.07, 6.45) is 1.78. The zero-order valence-corrected chi connectivity index (χ0v) is 26.2. The Labute approximate surface area is 267 Å². The topological polar surface area (TPSA) is 116 Å². The van der Waals surface area contributed by atoms with Crippen molar-refractivity contribution in [1.82, 2.24) is 4.57 Å². The first-order valence-electron chi connectivity index (χ1n) is 14.6. The van der Waals surface area contributed by atoms with Gasteiger partial charge in [0.25, 0.3) is 5.56 Å². The third-order valence-corrected chi connectivity index (χ3v) is 8.68. The summed E-state index contributed by atoms with van der Waals surface area (Å²) in [5, 5.41) is 11.0. The molecule has 1 aromatic heterocycles. The Morgan fingerprint density at radius 1 is 1.02 bits per heavy atom. The molecule has 0 unspecified atom stereocenters. The number of allylic oxidation sites excluding steroid dienone is 1. The fourth-order valence-electron chi connectivity index (χ4n) is 5.57. The lowest BCUT2D eigenvalue weighted by molar-refractivity contribution is -0.139. The highest BCUT2D eigenvalue weighted by molar-refractivity contribution is 7.07. The SMILES string of the molecule is CCOC(=O)C1=C(C)N=c2s/c(=C\c3ccc(OCc4cccc(C(=O)O)c4)cc3)c(=O)n2[C@H]1c1c(OC)ccc2ccccc12. The van der Waals surface area contributed by atoms with Crippen molar-refractivity contribution >= 4 is 40.1 Å². The average Bonchev–Trinajstić information content (AvgIpc) is 3.37. The number of nitrogens with zero attached hydrogens (tertiary/aromatic N) is 2. The first-order valence-corrected chi connectivity index (χ1v) is 15.4. The molecule has 0 aliphatic carbocycles. The molecule has 10 heteroatoms. The third kappa shape index (κ3) is 5.82. The van der Waals surface area contributed by atoms with Crippen LogP contribution in [0.1, 0.15) is 46.9 Å². The number of hydrogen-bond acceptors (Lipinski definition) is 8. The summed E-state index contributed by atoms with van der Waals surface area (Å²) in [5.74, 6) is -0.397. The standard InChI is InChI=1S/C36H30N2O7S/c1-4-44-35(42)30-21(2)37-36-38(32(30)31-27-11-6-5-9-24(27)14-17-28(31)43-3)33(39)29(46-36)19-22-12-15-26(16-13-22)45-20-23-8-7-10-25(18-23)34(40)41/h5-19,32H,4,20H2,1-3H3,(H,40,41)/b29-19-/t32-/m1/s1. The number of aromatic nitrogens is 1. The number of rotatable bonds is 9. The Balaban J connectivity index is 1.40. The molecule has 4 aromatic carbocycles. The molecule has 1 atom stereocenters. The van der Waals surface area contributed by atoms with Gasteiger partial charge in [-0.3, -0.25) is 9.36 Å². The number of aromatic carboxylic acids is 1. The van der Waals surface area contributed by atoms with Crippen molar-refractivity contribution in [2.75, 3.05) is 13.7 Å².